The minimum absolute atomic E-state index is 0.0154. The number of aliphatic imine (C=N–C) groups is 2. The predicted molar refractivity (Wildman–Crippen MR) is 234 cm³/mol. The molecule has 0 heterocycles. The first-order valence-electron chi connectivity index (χ1n) is 19.5. The van der Waals surface area contributed by atoms with Crippen molar-refractivity contribution in [1.82, 2.24) is 0 Å². The van der Waals surface area contributed by atoms with Crippen LogP contribution in [0, 0.1) is 0 Å². The van der Waals surface area contributed by atoms with Crippen LogP contribution in [0.3, 0.4) is 0 Å². The molecule has 0 aliphatic heterocycles. The van der Waals surface area contributed by atoms with Crippen LogP contribution in [0.2, 0.25) is 0 Å². The van der Waals surface area contributed by atoms with Gasteiger partial charge in [-0.1, -0.05) is 208 Å². The lowest BCUT2D eigenvalue weighted by Gasteiger charge is -2.39. The third-order valence-electron chi connectivity index (χ3n) is 11.2. The van der Waals surface area contributed by atoms with Crippen molar-refractivity contribution >= 4 is 17.2 Å². The molecule has 1 fully saturated rings. The maximum Gasteiger partial charge on any atom is 0.160 e. The standard InChI is InChI=1S/C53H46N2/c1-39(41-24-26-45(27-25-41)43-16-7-3-8-17-43)54-52(47-20-11-5-12-21-47)55-40(2)42-28-32-50(33-29-42)53(36-13-6-14-37-53)51-34-30-46(31-35-51)49-23-15-22-48(38-49)44-18-9-4-10-19-44/h3-5,7-12,15-35,38H,2,6,13-14,36-37H2,1H3/b54-39+,55-52-. The van der Waals surface area contributed by atoms with Crippen LogP contribution < -0.4 is 0 Å². The van der Waals surface area contributed by atoms with E-state index < -0.39 is 0 Å². The van der Waals surface area contributed by atoms with Gasteiger partial charge in [0.2, 0.25) is 0 Å². The molecule has 55 heavy (non-hydrogen) atoms. The largest absolute Gasteiger partial charge is 0.233 e. The topological polar surface area (TPSA) is 24.7 Å². The highest BCUT2D eigenvalue weighted by molar-refractivity contribution is 6.12. The Balaban J connectivity index is 1.05. The lowest BCUT2D eigenvalue weighted by atomic mass is 9.65. The molecule has 2 heteroatoms. The number of nitrogens with zero attached hydrogens (tertiary/aromatic N) is 2. The summed E-state index contributed by atoms with van der Waals surface area (Å²) in [5, 5.41) is 0. The van der Waals surface area contributed by atoms with Crippen molar-refractivity contribution in [2.75, 3.05) is 0 Å². The summed E-state index contributed by atoms with van der Waals surface area (Å²) in [5.74, 6) is 0.650. The Kier molecular flexibility index (Phi) is 10.6. The Morgan fingerprint density at radius 2 is 0.855 bits per heavy atom. The third-order valence-corrected chi connectivity index (χ3v) is 11.2. The van der Waals surface area contributed by atoms with E-state index in [0.717, 1.165) is 35.2 Å². The normalized spacial score (nSPS) is 14.3. The monoisotopic (exact) mass is 710 g/mol. The smallest absolute Gasteiger partial charge is 0.160 e. The van der Waals surface area contributed by atoms with Gasteiger partial charge in [-0.15, -0.1) is 0 Å². The first-order valence-corrected chi connectivity index (χ1v) is 19.5. The van der Waals surface area contributed by atoms with Gasteiger partial charge in [0.05, 0.1) is 5.70 Å². The molecule has 1 saturated carbocycles. The maximum absolute atomic E-state index is 5.08. The van der Waals surface area contributed by atoms with E-state index in [-0.39, 0.29) is 5.41 Å². The van der Waals surface area contributed by atoms with E-state index in [1.807, 2.05) is 31.2 Å². The van der Waals surface area contributed by atoms with Crippen molar-refractivity contribution in [2.45, 2.75) is 44.4 Å². The zero-order chi connectivity index (χ0) is 37.5. The summed E-state index contributed by atoms with van der Waals surface area (Å²) in [4.78, 5) is 10.1. The molecule has 8 rings (SSSR count). The number of amidine groups is 1. The summed E-state index contributed by atoms with van der Waals surface area (Å²) in [6.07, 6.45) is 6.04. The molecule has 2 nitrogen and oxygen atoms in total. The number of hydrogen-bond donors (Lipinski definition) is 0. The molecular weight excluding hydrogens is 665 g/mol. The number of benzene rings is 7. The van der Waals surface area contributed by atoms with Gasteiger partial charge >= 0.3 is 0 Å². The zero-order valence-electron chi connectivity index (χ0n) is 31.5. The van der Waals surface area contributed by atoms with Crippen LogP contribution in [-0.4, -0.2) is 11.5 Å². The summed E-state index contributed by atoms with van der Waals surface area (Å²) in [5.41, 5.74) is 14.7. The molecule has 0 aromatic heterocycles. The minimum Gasteiger partial charge on any atom is -0.233 e. The number of hydrogen-bond acceptors (Lipinski definition) is 1. The van der Waals surface area contributed by atoms with Crippen LogP contribution in [0.1, 0.15) is 66.8 Å². The maximum atomic E-state index is 5.08. The highest BCUT2D eigenvalue weighted by Crippen LogP contribution is 2.45. The van der Waals surface area contributed by atoms with Gasteiger partial charge in [0.1, 0.15) is 0 Å². The Morgan fingerprint density at radius 3 is 1.44 bits per heavy atom. The molecule has 1 aliphatic rings. The van der Waals surface area contributed by atoms with Gasteiger partial charge in [-0.05, 0) is 81.5 Å². The fourth-order valence-corrected chi connectivity index (χ4v) is 8.06. The molecule has 0 bridgehead atoms. The van der Waals surface area contributed by atoms with Crippen LogP contribution in [0.15, 0.2) is 205 Å². The second kappa shape index (κ2) is 16.3. The van der Waals surface area contributed by atoms with Gasteiger partial charge in [-0.2, -0.15) is 0 Å². The van der Waals surface area contributed by atoms with Crippen molar-refractivity contribution in [3.63, 3.8) is 0 Å². The van der Waals surface area contributed by atoms with Crippen LogP contribution in [0.5, 0.6) is 0 Å². The third kappa shape index (κ3) is 7.95. The summed E-state index contributed by atoms with van der Waals surface area (Å²) in [7, 11) is 0. The quantitative estimate of drug-likeness (QED) is 0.105. The summed E-state index contributed by atoms with van der Waals surface area (Å²) >= 11 is 0. The SMILES string of the molecule is C=C(/N=C(\N=C(/C)c1ccc(-c2ccccc2)cc1)c1ccccc1)c1ccc(C2(c3ccc(-c4cccc(-c5ccccc5)c4)cc3)CCCCC2)cc1. The first-order chi connectivity index (χ1) is 27.1. The molecule has 268 valence electrons. The average molecular weight is 711 g/mol. The van der Waals surface area contributed by atoms with Crippen molar-refractivity contribution in [1.29, 1.82) is 0 Å². The molecule has 0 saturated heterocycles. The molecule has 0 N–H and O–H groups in total. The van der Waals surface area contributed by atoms with E-state index in [1.165, 1.54) is 63.8 Å². The molecular formula is C53H46N2. The van der Waals surface area contributed by atoms with Crippen LogP contribution in [-0.2, 0) is 5.41 Å². The molecule has 0 unspecified atom stereocenters. The van der Waals surface area contributed by atoms with Crippen LogP contribution >= 0.6 is 0 Å². The van der Waals surface area contributed by atoms with E-state index in [9.17, 15) is 0 Å². The van der Waals surface area contributed by atoms with Crippen molar-refractivity contribution < 1.29 is 0 Å². The van der Waals surface area contributed by atoms with Crippen LogP contribution in [0.4, 0.5) is 0 Å². The second-order valence-electron chi connectivity index (χ2n) is 14.6. The van der Waals surface area contributed by atoms with Crippen molar-refractivity contribution in [3.8, 4) is 33.4 Å². The zero-order valence-corrected chi connectivity index (χ0v) is 31.5. The van der Waals surface area contributed by atoms with Crippen LogP contribution in [0.25, 0.3) is 39.1 Å². The molecule has 0 amide bonds. The predicted octanol–water partition coefficient (Wildman–Crippen LogP) is 13.9. The van der Waals surface area contributed by atoms with Gasteiger partial charge in [0.25, 0.3) is 0 Å². The Morgan fingerprint density at radius 1 is 0.418 bits per heavy atom. The van der Waals surface area contributed by atoms with E-state index in [0.29, 0.717) is 11.5 Å². The van der Waals surface area contributed by atoms with Crippen molar-refractivity contribution in [2.24, 2.45) is 9.98 Å². The molecule has 7 aromatic rings. The Hall–Kier alpha value is -6.38. The molecule has 1 aliphatic carbocycles. The van der Waals surface area contributed by atoms with E-state index in [4.69, 9.17) is 9.98 Å². The van der Waals surface area contributed by atoms with E-state index in [2.05, 4.69) is 170 Å². The van der Waals surface area contributed by atoms with Gasteiger partial charge in [-0.25, -0.2) is 9.98 Å². The highest BCUT2D eigenvalue weighted by atomic mass is 14.9. The molecule has 7 aromatic carbocycles. The fourth-order valence-electron chi connectivity index (χ4n) is 8.06. The number of rotatable bonds is 9. The summed E-state index contributed by atoms with van der Waals surface area (Å²) < 4.78 is 0. The lowest BCUT2D eigenvalue weighted by Crippen LogP contribution is -2.30. The second-order valence-corrected chi connectivity index (χ2v) is 14.6. The van der Waals surface area contributed by atoms with Gasteiger partial charge in [-0.3, -0.25) is 0 Å². The minimum atomic E-state index is -0.0154. The first kappa shape index (κ1) is 35.6. The highest BCUT2D eigenvalue weighted by Gasteiger charge is 2.35. The lowest BCUT2D eigenvalue weighted by molar-refractivity contribution is 0.346. The summed E-state index contributed by atoms with van der Waals surface area (Å²) in [6.45, 7) is 6.49. The Bertz CT molecular complexity index is 2420. The van der Waals surface area contributed by atoms with Gasteiger partial charge < -0.3 is 0 Å². The fraction of sp³-hybridized carbons (Fsp3) is 0.132. The van der Waals surface area contributed by atoms with Gasteiger partial charge in [0.15, 0.2) is 5.84 Å². The Labute approximate surface area is 326 Å². The summed E-state index contributed by atoms with van der Waals surface area (Å²) in [6, 6.07) is 67.1. The van der Waals surface area contributed by atoms with E-state index >= 15 is 0 Å². The molecule has 0 radical (unpaired) electrons. The average Bonchev–Trinajstić information content (AvgIpc) is 3.27. The van der Waals surface area contributed by atoms with Crippen molar-refractivity contribution in [3.05, 3.63) is 222 Å². The van der Waals surface area contributed by atoms with E-state index in [1.54, 1.807) is 0 Å². The van der Waals surface area contributed by atoms with Gasteiger partial charge in [0, 0.05) is 16.7 Å². The molecule has 0 spiro atoms. The molecule has 0 atom stereocenters.